The molecule has 2 saturated heterocycles. The SMILES string of the molecule is CCc1ccc([C@H]2/C(=C(\O)c3ccc(Cl)cc3)C(=O)C(=O)N2CCN2CCOCC2)cc1. The fraction of sp³-hybridized carbons (Fsp3) is 0.360. The summed E-state index contributed by atoms with van der Waals surface area (Å²) in [4.78, 5) is 29.9. The maximum atomic E-state index is 13.1. The number of carbonyl (C=O) groups excluding carboxylic acids is 2. The van der Waals surface area contributed by atoms with Crippen LogP contribution in [0.25, 0.3) is 5.76 Å². The van der Waals surface area contributed by atoms with E-state index in [2.05, 4.69) is 11.8 Å². The van der Waals surface area contributed by atoms with E-state index in [0.717, 1.165) is 30.6 Å². The molecule has 1 N–H and O–H groups in total. The number of aliphatic hydroxyl groups excluding tert-OH is 1. The number of hydrogen-bond donors (Lipinski definition) is 1. The molecule has 2 heterocycles. The first kappa shape index (κ1) is 22.5. The van der Waals surface area contributed by atoms with E-state index < -0.39 is 17.7 Å². The first-order valence-electron chi connectivity index (χ1n) is 10.9. The Hall–Kier alpha value is -2.67. The molecule has 0 bridgehead atoms. The molecule has 0 aromatic heterocycles. The molecule has 1 atom stereocenters. The first-order chi connectivity index (χ1) is 15.5. The van der Waals surface area contributed by atoms with Crippen molar-refractivity contribution in [2.75, 3.05) is 39.4 Å². The summed E-state index contributed by atoms with van der Waals surface area (Å²) < 4.78 is 5.40. The van der Waals surface area contributed by atoms with Crippen molar-refractivity contribution in [2.24, 2.45) is 0 Å². The summed E-state index contributed by atoms with van der Waals surface area (Å²) in [5.74, 6) is -1.43. The number of hydrogen-bond acceptors (Lipinski definition) is 5. The van der Waals surface area contributed by atoms with Crippen LogP contribution in [0.1, 0.15) is 29.7 Å². The number of benzene rings is 2. The molecule has 0 unspecified atom stereocenters. The number of ketones is 1. The summed E-state index contributed by atoms with van der Waals surface area (Å²) in [5.41, 5.74) is 2.54. The number of amides is 1. The summed E-state index contributed by atoms with van der Waals surface area (Å²) in [6, 6.07) is 13.8. The van der Waals surface area contributed by atoms with Gasteiger partial charge in [-0.05, 0) is 41.8 Å². The van der Waals surface area contributed by atoms with Gasteiger partial charge in [-0.2, -0.15) is 0 Å². The number of ether oxygens (including phenoxy) is 1. The Bertz CT molecular complexity index is 1010. The maximum absolute atomic E-state index is 13.1. The van der Waals surface area contributed by atoms with E-state index in [9.17, 15) is 14.7 Å². The van der Waals surface area contributed by atoms with Gasteiger partial charge < -0.3 is 14.7 Å². The van der Waals surface area contributed by atoms with Gasteiger partial charge in [-0.25, -0.2) is 0 Å². The molecule has 0 spiro atoms. The smallest absolute Gasteiger partial charge is 0.295 e. The zero-order chi connectivity index (χ0) is 22.7. The van der Waals surface area contributed by atoms with Crippen LogP contribution in [0.15, 0.2) is 54.1 Å². The third kappa shape index (κ3) is 4.58. The van der Waals surface area contributed by atoms with Crippen LogP contribution < -0.4 is 0 Å². The average Bonchev–Trinajstić information content (AvgIpc) is 3.08. The van der Waals surface area contributed by atoms with Gasteiger partial charge in [0.05, 0.1) is 24.8 Å². The van der Waals surface area contributed by atoms with Gasteiger partial charge in [0.2, 0.25) is 0 Å². The van der Waals surface area contributed by atoms with Gasteiger partial charge in [0.1, 0.15) is 5.76 Å². The van der Waals surface area contributed by atoms with Crippen molar-refractivity contribution in [3.63, 3.8) is 0 Å². The van der Waals surface area contributed by atoms with Gasteiger partial charge in [0.15, 0.2) is 0 Å². The lowest BCUT2D eigenvalue weighted by Crippen LogP contribution is -2.42. The largest absolute Gasteiger partial charge is 0.507 e. The molecule has 2 aliphatic rings. The van der Waals surface area contributed by atoms with Crippen LogP contribution in [0, 0.1) is 0 Å². The van der Waals surface area contributed by atoms with Gasteiger partial charge in [-0.1, -0.05) is 42.8 Å². The number of halogens is 1. The molecular weight excluding hydrogens is 428 g/mol. The zero-order valence-corrected chi connectivity index (χ0v) is 18.8. The fourth-order valence-corrected chi connectivity index (χ4v) is 4.36. The monoisotopic (exact) mass is 454 g/mol. The van der Waals surface area contributed by atoms with E-state index in [1.807, 2.05) is 24.3 Å². The van der Waals surface area contributed by atoms with Gasteiger partial charge >= 0.3 is 0 Å². The Balaban J connectivity index is 1.72. The number of rotatable bonds is 6. The summed E-state index contributed by atoms with van der Waals surface area (Å²) in [5, 5.41) is 11.6. The van der Waals surface area contributed by atoms with Crippen LogP contribution in [0.4, 0.5) is 0 Å². The molecule has 0 saturated carbocycles. The Kier molecular flexibility index (Phi) is 6.94. The number of aryl methyl sites for hydroxylation is 1. The number of likely N-dealkylation sites (tertiary alicyclic amines) is 1. The molecule has 7 heteroatoms. The summed E-state index contributed by atoms with van der Waals surface area (Å²) >= 11 is 5.98. The molecule has 2 aromatic rings. The van der Waals surface area contributed by atoms with Crippen molar-refractivity contribution in [3.05, 3.63) is 75.8 Å². The van der Waals surface area contributed by atoms with Crippen molar-refractivity contribution in [1.29, 1.82) is 0 Å². The fourth-order valence-electron chi connectivity index (χ4n) is 4.23. The van der Waals surface area contributed by atoms with Crippen LogP contribution in [0.5, 0.6) is 0 Å². The highest BCUT2D eigenvalue weighted by Gasteiger charge is 2.46. The lowest BCUT2D eigenvalue weighted by molar-refractivity contribution is -0.140. The summed E-state index contributed by atoms with van der Waals surface area (Å²) in [7, 11) is 0. The van der Waals surface area contributed by atoms with Gasteiger partial charge in [-0.3, -0.25) is 14.5 Å². The van der Waals surface area contributed by atoms with E-state index in [0.29, 0.717) is 36.9 Å². The highest BCUT2D eigenvalue weighted by atomic mass is 35.5. The molecule has 6 nitrogen and oxygen atoms in total. The van der Waals surface area contributed by atoms with E-state index in [1.54, 1.807) is 29.2 Å². The number of nitrogens with zero attached hydrogens (tertiary/aromatic N) is 2. The van der Waals surface area contributed by atoms with Crippen LogP contribution >= 0.6 is 11.6 Å². The lowest BCUT2D eigenvalue weighted by atomic mass is 9.94. The third-order valence-electron chi connectivity index (χ3n) is 6.12. The zero-order valence-electron chi connectivity index (χ0n) is 18.1. The Morgan fingerprint density at radius 3 is 2.31 bits per heavy atom. The highest BCUT2D eigenvalue weighted by molar-refractivity contribution is 6.46. The highest BCUT2D eigenvalue weighted by Crippen LogP contribution is 2.39. The number of Topliss-reactive ketones (excluding diaryl/α,β-unsaturated/α-hetero) is 1. The van der Waals surface area contributed by atoms with E-state index in [1.165, 1.54) is 0 Å². The molecular formula is C25H27ClN2O4. The molecule has 1 amide bonds. The minimum absolute atomic E-state index is 0.114. The molecule has 0 radical (unpaired) electrons. The molecule has 32 heavy (non-hydrogen) atoms. The molecule has 2 fully saturated rings. The predicted octanol–water partition coefficient (Wildman–Crippen LogP) is 3.66. The van der Waals surface area contributed by atoms with Crippen LogP contribution in [0.2, 0.25) is 5.02 Å². The van der Waals surface area contributed by atoms with Crippen molar-refractivity contribution in [3.8, 4) is 0 Å². The van der Waals surface area contributed by atoms with Crippen LogP contribution in [0.3, 0.4) is 0 Å². The molecule has 0 aliphatic carbocycles. The summed E-state index contributed by atoms with van der Waals surface area (Å²) in [6.07, 6.45) is 0.891. The van der Waals surface area contributed by atoms with Crippen molar-refractivity contribution >= 4 is 29.1 Å². The van der Waals surface area contributed by atoms with Crippen LogP contribution in [-0.2, 0) is 20.7 Å². The number of carbonyl (C=O) groups is 2. The average molecular weight is 455 g/mol. The second-order valence-corrected chi connectivity index (χ2v) is 8.48. The van der Waals surface area contributed by atoms with E-state index in [4.69, 9.17) is 16.3 Å². The molecule has 4 rings (SSSR count). The first-order valence-corrected chi connectivity index (χ1v) is 11.3. The molecule has 2 aliphatic heterocycles. The van der Waals surface area contributed by atoms with Gasteiger partial charge in [0.25, 0.3) is 11.7 Å². The number of morpholine rings is 1. The molecule has 168 valence electrons. The van der Waals surface area contributed by atoms with Crippen molar-refractivity contribution in [2.45, 2.75) is 19.4 Å². The lowest BCUT2D eigenvalue weighted by Gasteiger charge is -2.31. The van der Waals surface area contributed by atoms with Gasteiger partial charge in [0, 0.05) is 36.8 Å². The summed E-state index contributed by atoms with van der Waals surface area (Å²) in [6.45, 7) is 6.02. The maximum Gasteiger partial charge on any atom is 0.295 e. The number of aliphatic hydroxyl groups is 1. The van der Waals surface area contributed by atoms with E-state index in [-0.39, 0.29) is 11.3 Å². The van der Waals surface area contributed by atoms with Crippen LogP contribution in [-0.4, -0.2) is 66.0 Å². The van der Waals surface area contributed by atoms with Gasteiger partial charge in [-0.15, -0.1) is 0 Å². The molecule has 2 aromatic carbocycles. The quantitative estimate of drug-likeness (QED) is 0.410. The standard InChI is InChI=1S/C25H27ClN2O4/c1-2-17-3-5-18(6-4-17)22-21(23(29)19-7-9-20(26)10-8-19)24(30)25(31)28(22)12-11-27-13-15-32-16-14-27/h3-10,22,29H,2,11-16H2,1H3/b23-21+/t22-/m0/s1. The minimum Gasteiger partial charge on any atom is -0.507 e. The Labute approximate surface area is 193 Å². The third-order valence-corrected chi connectivity index (χ3v) is 6.37. The second kappa shape index (κ2) is 9.86. The van der Waals surface area contributed by atoms with E-state index >= 15 is 0 Å². The topological polar surface area (TPSA) is 70.1 Å². The second-order valence-electron chi connectivity index (χ2n) is 8.05. The normalized spacial score (nSPS) is 21.3. The Morgan fingerprint density at radius 2 is 1.69 bits per heavy atom. The minimum atomic E-state index is -0.663. The Morgan fingerprint density at radius 1 is 1.03 bits per heavy atom. The van der Waals surface area contributed by atoms with Crippen molar-refractivity contribution in [1.82, 2.24) is 9.80 Å². The van der Waals surface area contributed by atoms with Crippen molar-refractivity contribution < 1.29 is 19.4 Å². The predicted molar refractivity (Wildman–Crippen MR) is 124 cm³/mol.